The molecule has 2 unspecified atom stereocenters. The van der Waals surface area contributed by atoms with Crippen LogP contribution in [0.3, 0.4) is 0 Å². The van der Waals surface area contributed by atoms with Crippen LogP contribution in [-0.4, -0.2) is 59.5 Å². The molecule has 0 saturated heterocycles. The lowest BCUT2D eigenvalue weighted by Gasteiger charge is -2.25. The van der Waals surface area contributed by atoms with Gasteiger partial charge in [-0.05, 0) is 33.5 Å². The van der Waals surface area contributed by atoms with Gasteiger partial charge in [-0.25, -0.2) is 4.99 Å². The Bertz CT molecular complexity index is 723. The van der Waals surface area contributed by atoms with Crippen LogP contribution in [0.15, 0.2) is 47.7 Å². The van der Waals surface area contributed by atoms with Crippen LogP contribution in [0.25, 0.3) is 0 Å². The topological polar surface area (TPSA) is 77.7 Å². The van der Waals surface area contributed by atoms with Crippen molar-refractivity contribution >= 4 is 5.96 Å². The molecule has 0 saturated carbocycles. The van der Waals surface area contributed by atoms with Gasteiger partial charge in [0, 0.05) is 31.9 Å². The number of benzene rings is 1. The summed E-state index contributed by atoms with van der Waals surface area (Å²) in [5.41, 5.74) is 0.974. The number of aliphatic imine (C=N–C) groups is 1. The molecule has 0 radical (unpaired) electrons. The first-order valence-corrected chi connectivity index (χ1v) is 9.28. The Labute approximate surface area is 162 Å². The SMILES string of the molecule is CCNC(=NCC(C)(O)c1ccccc1)NCC(c1cnn(C)c1)N(C)C. The highest BCUT2D eigenvalue weighted by Crippen LogP contribution is 2.20. The number of likely N-dealkylation sites (N-methyl/N-ethyl adjacent to an activating group) is 1. The van der Waals surface area contributed by atoms with Gasteiger partial charge in [0.15, 0.2) is 5.96 Å². The number of rotatable bonds is 8. The lowest BCUT2D eigenvalue weighted by Crippen LogP contribution is -2.42. The molecule has 7 heteroatoms. The molecule has 1 aromatic carbocycles. The number of nitrogens with one attached hydrogen (secondary N) is 2. The molecule has 0 amide bonds. The van der Waals surface area contributed by atoms with Crippen molar-refractivity contribution in [2.75, 3.05) is 33.7 Å². The highest BCUT2D eigenvalue weighted by molar-refractivity contribution is 5.79. The van der Waals surface area contributed by atoms with Gasteiger partial charge >= 0.3 is 0 Å². The molecule has 3 N–H and O–H groups in total. The van der Waals surface area contributed by atoms with E-state index in [4.69, 9.17) is 0 Å². The number of hydrogen-bond donors (Lipinski definition) is 3. The van der Waals surface area contributed by atoms with E-state index in [0.717, 1.165) is 17.7 Å². The van der Waals surface area contributed by atoms with E-state index in [0.29, 0.717) is 12.5 Å². The summed E-state index contributed by atoms with van der Waals surface area (Å²) >= 11 is 0. The monoisotopic (exact) mass is 372 g/mol. The molecule has 0 fully saturated rings. The summed E-state index contributed by atoms with van der Waals surface area (Å²) in [5, 5.41) is 21.7. The van der Waals surface area contributed by atoms with E-state index in [1.54, 1.807) is 6.92 Å². The number of nitrogens with zero attached hydrogens (tertiary/aromatic N) is 4. The summed E-state index contributed by atoms with van der Waals surface area (Å²) in [6.07, 6.45) is 3.91. The molecule has 2 rings (SSSR count). The molecule has 0 aliphatic rings. The second kappa shape index (κ2) is 9.53. The maximum Gasteiger partial charge on any atom is 0.191 e. The van der Waals surface area contributed by atoms with Crippen LogP contribution in [0, 0.1) is 0 Å². The van der Waals surface area contributed by atoms with E-state index in [-0.39, 0.29) is 12.6 Å². The second-order valence-corrected chi connectivity index (χ2v) is 7.14. The third-order valence-corrected chi connectivity index (χ3v) is 4.48. The van der Waals surface area contributed by atoms with Crippen molar-refractivity contribution in [2.45, 2.75) is 25.5 Å². The van der Waals surface area contributed by atoms with Crippen LogP contribution in [0.5, 0.6) is 0 Å². The van der Waals surface area contributed by atoms with Crippen LogP contribution in [0.4, 0.5) is 0 Å². The first-order chi connectivity index (χ1) is 12.8. The Balaban J connectivity index is 2.06. The molecule has 0 spiro atoms. The molecule has 148 valence electrons. The predicted octanol–water partition coefficient (Wildman–Crippen LogP) is 1.49. The van der Waals surface area contributed by atoms with Gasteiger partial charge in [0.05, 0.1) is 18.8 Å². The van der Waals surface area contributed by atoms with E-state index < -0.39 is 5.60 Å². The largest absolute Gasteiger partial charge is 0.384 e. The summed E-state index contributed by atoms with van der Waals surface area (Å²) < 4.78 is 1.81. The Morgan fingerprint density at radius 2 is 2.00 bits per heavy atom. The molecule has 0 bridgehead atoms. The van der Waals surface area contributed by atoms with Gasteiger partial charge in [0.1, 0.15) is 5.60 Å². The zero-order chi connectivity index (χ0) is 19.9. The number of aliphatic hydroxyl groups is 1. The molecule has 1 heterocycles. The van der Waals surface area contributed by atoms with Crippen LogP contribution >= 0.6 is 0 Å². The standard InChI is InChI=1S/C20H32N6O/c1-6-21-19(23-15-20(2,27)17-10-8-7-9-11-17)22-13-18(25(3)4)16-12-24-26(5)14-16/h7-12,14,18,27H,6,13,15H2,1-5H3,(H2,21,22,23). The van der Waals surface area contributed by atoms with Gasteiger partial charge < -0.3 is 20.6 Å². The first-order valence-electron chi connectivity index (χ1n) is 9.28. The molecule has 7 nitrogen and oxygen atoms in total. The predicted molar refractivity (Wildman–Crippen MR) is 110 cm³/mol. The summed E-state index contributed by atoms with van der Waals surface area (Å²) in [6.45, 7) is 5.51. The van der Waals surface area contributed by atoms with Gasteiger partial charge in [-0.2, -0.15) is 5.10 Å². The smallest absolute Gasteiger partial charge is 0.191 e. The first kappa shape index (κ1) is 20.9. The van der Waals surface area contributed by atoms with Gasteiger partial charge in [0.25, 0.3) is 0 Å². The van der Waals surface area contributed by atoms with Crippen molar-refractivity contribution in [1.82, 2.24) is 25.3 Å². The van der Waals surface area contributed by atoms with E-state index in [9.17, 15) is 5.11 Å². The molecule has 0 aliphatic carbocycles. The minimum atomic E-state index is -1.02. The number of aromatic nitrogens is 2. The van der Waals surface area contributed by atoms with Crippen LogP contribution < -0.4 is 10.6 Å². The zero-order valence-corrected chi connectivity index (χ0v) is 17.0. The van der Waals surface area contributed by atoms with Crippen molar-refractivity contribution in [3.8, 4) is 0 Å². The highest BCUT2D eigenvalue weighted by Gasteiger charge is 2.23. The lowest BCUT2D eigenvalue weighted by atomic mass is 9.96. The van der Waals surface area contributed by atoms with E-state index in [1.807, 2.05) is 75.5 Å². The molecule has 1 aromatic heterocycles. The summed E-state index contributed by atoms with van der Waals surface area (Å²) in [4.78, 5) is 6.74. The fourth-order valence-corrected chi connectivity index (χ4v) is 2.87. The van der Waals surface area contributed by atoms with Crippen LogP contribution in [0.1, 0.15) is 31.0 Å². The molecular weight excluding hydrogens is 340 g/mol. The lowest BCUT2D eigenvalue weighted by molar-refractivity contribution is 0.0672. The fourth-order valence-electron chi connectivity index (χ4n) is 2.87. The van der Waals surface area contributed by atoms with Crippen molar-refractivity contribution in [3.63, 3.8) is 0 Å². The maximum atomic E-state index is 10.8. The van der Waals surface area contributed by atoms with E-state index in [1.165, 1.54) is 0 Å². The van der Waals surface area contributed by atoms with Crippen molar-refractivity contribution < 1.29 is 5.11 Å². The fraction of sp³-hybridized carbons (Fsp3) is 0.500. The van der Waals surface area contributed by atoms with Crippen molar-refractivity contribution in [3.05, 3.63) is 53.9 Å². The molecule has 0 aliphatic heterocycles. The third kappa shape index (κ3) is 6.08. The summed E-state index contributed by atoms with van der Waals surface area (Å²) in [7, 11) is 6.01. The van der Waals surface area contributed by atoms with Gasteiger partial charge in [-0.1, -0.05) is 30.3 Å². The van der Waals surface area contributed by atoms with E-state index in [2.05, 4.69) is 25.6 Å². The molecule has 2 aromatic rings. The summed E-state index contributed by atoms with van der Waals surface area (Å²) in [5.74, 6) is 0.685. The molecule has 2 atom stereocenters. The molecule has 27 heavy (non-hydrogen) atoms. The van der Waals surface area contributed by atoms with Crippen LogP contribution in [0.2, 0.25) is 0 Å². The Hall–Kier alpha value is -2.38. The number of guanidine groups is 1. The highest BCUT2D eigenvalue weighted by atomic mass is 16.3. The normalized spacial score (nSPS) is 15.4. The minimum absolute atomic E-state index is 0.164. The Morgan fingerprint density at radius 3 is 2.56 bits per heavy atom. The zero-order valence-electron chi connectivity index (χ0n) is 17.0. The van der Waals surface area contributed by atoms with Crippen LogP contribution in [-0.2, 0) is 12.6 Å². The maximum absolute atomic E-state index is 10.8. The number of hydrogen-bond acceptors (Lipinski definition) is 4. The molecular formula is C20H32N6O. The van der Waals surface area contributed by atoms with Gasteiger partial charge in [-0.3, -0.25) is 4.68 Å². The van der Waals surface area contributed by atoms with Gasteiger partial charge in [0.2, 0.25) is 0 Å². The Morgan fingerprint density at radius 1 is 1.30 bits per heavy atom. The van der Waals surface area contributed by atoms with Crippen molar-refractivity contribution in [1.29, 1.82) is 0 Å². The van der Waals surface area contributed by atoms with Crippen molar-refractivity contribution in [2.24, 2.45) is 12.0 Å². The van der Waals surface area contributed by atoms with E-state index >= 15 is 0 Å². The van der Waals surface area contributed by atoms with Gasteiger partial charge in [-0.15, -0.1) is 0 Å². The Kier molecular flexibility index (Phi) is 7.38. The minimum Gasteiger partial charge on any atom is -0.384 e. The number of aryl methyl sites for hydroxylation is 1. The quantitative estimate of drug-likeness (QED) is 0.483. The average Bonchev–Trinajstić information content (AvgIpc) is 3.06. The average molecular weight is 373 g/mol. The summed E-state index contributed by atoms with van der Waals surface area (Å²) in [6, 6.07) is 9.78. The third-order valence-electron chi connectivity index (χ3n) is 4.48. The second-order valence-electron chi connectivity index (χ2n) is 7.14.